The van der Waals surface area contributed by atoms with Gasteiger partial charge < -0.3 is 20.3 Å². The topological polar surface area (TPSA) is 61.8 Å². The summed E-state index contributed by atoms with van der Waals surface area (Å²) in [6.45, 7) is 4.87. The number of anilines is 1. The van der Waals surface area contributed by atoms with E-state index in [0.717, 1.165) is 29.0 Å². The summed E-state index contributed by atoms with van der Waals surface area (Å²) in [5, 5.41) is 9.98. The van der Waals surface area contributed by atoms with E-state index in [2.05, 4.69) is 45.9 Å². The highest BCUT2D eigenvalue weighted by Gasteiger charge is 2.33. The summed E-state index contributed by atoms with van der Waals surface area (Å²) >= 11 is 1.64. The molecule has 1 atom stereocenters. The predicted molar refractivity (Wildman–Crippen MR) is 124 cm³/mol. The molecular formula is C19H28IN5OS. The molecule has 3 rings (SSSR count). The standard InChI is InChI=1S/C19H27N5OS.HI/c1-19(2)10-15(14-8-6-7-9-16(14)25-19)23-17(20-3)21-11-13-12-26-18(22-13)24(4)5;/h6-9,12,15H,10-11H2,1-5H3,(H2,20,21,23);1H. The molecule has 1 unspecified atom stereocenters. The molecule has 0 fully saturated rings. The first-order valence-corrected chi connectivity index (χ1v) is 9.63. The minimum Gasteiger partial charge on any atom is -0.487 e. The second kappa shape index (κ2) is 9.09. The number of thiazole rings is 1. The number of nitrogens with one attached hydrogen (secondary N) is 2. The summed E-state index contributed by atoms with van der Waals surface area (Å²) in [5.41, 5.74) is 1.95. The van der Waals surface area contributed by atoms with Gasteiger partial charge in [-0.15, -0.1) is 35.3 Å². The number of rotatable bonds is 4. The number of aromatic nitrogens is 1. The zero-order valence-electron chi connectivity index (χ0n) is 16.4. The van der Waals surface area contributed by atoms with Crippen molar-refractivity contribution in [2.45, 2.75) is 38.5 Å². The van der Waals surface area contributed by atoms with E-state index in [0.29, 0.717) is 6.54 Å². The van der Waals surface area contributed by atoms with Crippen LogP contribution in [-0.4, -0.2) is 37.7 Å². The van der Waals surface area contributed by atoms with Crippen LogP contribution in [0.2, 0.25) is 0 Å². The number of aliphatic imine (C=N–C) groups is 1. The van der Waals surface area contributed by atoms with Crippen molar-refractivity contribution in [3.05, 3.63) is 40.9 Å². The maximum absolute atomic E-state index is 6.11. The van der Waals surface area contributed by atoms with Crippen molar-refractivity contribution in [2.75, 3.05) is 26.0 Å². The summed E-state index contributed by atoms with van der Waals surface area (Å²) in [7, 11) is 5.79. The van der Waals surface area contributed by atoms with Crippen molar-refractivity contribution in [1.82, 2.24) is 15.6 Å². The van der Waals surface area contributed by atoms with Gasteiger partial charge in [-0.3, -0.25) is 4.99 Å². The van der Waals surface area contributed by atoms with Crippen molar-refractivity contribution in [1.29, 1.82) is 0 Å². The number of fused-ring (bicyclic) bond motifs is 1. The summed E-state index contributed by atoms with van der Waals surface area (Å²) < 4.78 is 6.11. The molecule has 2 N–H and O–H groups in total. The largest absolute Gasteiger partial charge is 0.487 e. The van der Waals surface area contributed by atoms with Crippen LogP contribution in [0, 0.1) is 0 Å². The first kappa shape index (κ1) is 21.7. The van der Waals surface area contributed by atoms with Gasteiger partial charge in [-0.2, -0.15) is 0 Å². The average Bonchev–Trinajstić information content (AvgIpc) is 3.06. The van der Waals surface area contributed by atoms with Crippen LogP contribution < -0.4 is 20.3 Å². The quantitative estimate of drug-likeness (QED) is 0.379. The SMILES string of the molecule is CN=C(NCc1csc(N(C)C)n1)NC1CC(C)(C)Oc2ccccc21.I. The number of hydrogen-bond donors (Lipinski definition) is 2. The third-order valence-corrected chi connectivity index (χ3v) is 5.33. The Morgan fingerprint density at radius 3 is 2.78 bits per heavy atom. The number of ether oxygens (including phenoxy) is 1. The predicted octanol–water partition coefficient (Wildman–Crippen LogP) is 3.79. The zero-order valence-corrected chi connectivity index (χ0v) is 19.6. The average molecular weight is 501 g/mol. The van der Waals surface area contributed by atoms with Crippen molar-refractivity contribution < 1.29 is 4.74 Å². The van der Waals surface area contributed by atoms with E-state index >= 15 is 0 Å². The van der Waals surface area contributed by atoms with Gasteiger partial charge in [0.1, 0.15) is 11.4 Å². The molecule has 0 amide bonds. The molecule has 1 aliphatic rings. The fraction of sp³-hybridized carbons (Fsp3) is 0.474. The molecule has 2 aromatic rings. The maximum atomic E-state index is 6.11. The van der Waals surface area contributed by atoms with Crippen LogP contribution in [0.4, 0.5) is 5.13 Å². The highest BCUT2D eigenvalue weighted by molar-refractivity contribution is 14.0. The zero-order chi connectivity index (χ0) is 18.7. The third kappa shape index (κ3) is 5.47. The lowest BCUT2D eigenvalue weighted by atomic mass is 9.90. The molecule has 1 aromatic carbocycles. The Kier molecular flexibility index (Phi) is 7.32. The van der Waals surface area contributed by atoms with Crippen molar-refractivity contribution in [3.8, 4) is 5.75 Å². The van der Waals surface area contributed by atoms with E-state index in [4.69, 9.17) is 4.74 Å². The fourth-order valence-corrected chi connectivity index (χ4v) is 3.81. The van der Waals surface area contributed by atoms with Crippen LogP contribution in [0.15, 0.2) is 34.6 Å². The lowest BCUT2D eigenvalue weighted by molar-refractivity contribution is 0.0694. The first-order chi connectivity index (χ1) is 12.4. The van der Waals surface area contributed by atoms with Gasteiger partial charge in [0.05, 0.1) is 18.3 Å². The molecule has 8 heteroatoms. The molecule has 0 radical (unpaired) electrons. The number of halogens is 1. The summed E-state index contributed by atoms with van der Waals surface area (Å²) in [5.74, 6) is 1.70. The van der Waals surface area contributed by atoms with Crippen molar-refractivity contribution >= 4 is 46.4 Å². The van der Waals surface area contributed by atoms with Gasteiger partial charge in [0, 0.05) is 38.5 Å². The molecule has 0 spiro atoms. The van der Waals surface area contributed by atoms with Gasteiger partial charge in [-0.1, -0.05) is 18.2 Å². The van der Waals surface area contributed by atoms with E-state index in [9.17, 15) is 0 Å². The molecule has 6 nitrogen and oxygen atoms in total. The number of benzene rings is 1. The van der Waals surface area contributed by atoms with Gasteiger partial charge in [0.25, 0.3) is 0 Å². The van der Waals surface area contributed by atoms with Gasteiger partial charge >= 0.3 is 0 Å². The molecule has 1 aliphatic heterocycles. The van der Waals surface area contributed by atoms with Crippen LogP contribution in [-0.2, 0) is 6.54 Å². The van der Waals surface area contributed by atoms with Crippen LogP contribution in [0.25, 0.3) is 0 Å². The highest BCUT2D eigenvalue weighted by Crippen LogP contribution is 2.39. The van der Waals surface area contributed by atoms with Crippen LogP contribution in [0.5, 0.6) is 5.75 Å². The first-order valence-electron chi connectivity index (χ1n) is 8.75. The van der Waals surface area contributed by atoms with Crippen LogP contribution in [0.1, 0.15) is 37.6 Å². The molecule has 2 heterocycles. The normalized spacial score (nSPS) is 18.0. The Balaban J connectivity index is 0.00000261. The van der Waals surface area contributed by atoms with E-state index < -0.39 is 0 Å². The minimum atomic E-state index is -0.222. The lowest BCUT2D eigenvalue weighted by Gasteiger charge is -2.38. The lowest BCUT2D eigenvalue weighted by Crippen LogP contribution is -2.45. The van der Waals surface area contributed by atoms with Gasteiger partial charge in [0.2, 0.25) is 0 Å². The number of nitrogens with zero attached hydrogens (tertiary/aromatic N) is 3. The third-order valence-electron chi connectivity index (χ3n) is 4.27. The highest BCUT2D eigenvalue weighted by atomic mass is 127. The molecule has 0 saturated heterocycles. The summed E-state index contributed by atoms with van der Waals surface area (Å²) in [4.78, 5) is 11.0. The van der Waals surface area contributed by atoms with Crippen molar-refractivity contribution in [3.63, 3.8) is 0 Å². The fourth-order valence-electron chi connectivity index (χ4n) is 3.05. The second-order valence-electron chi connectivity index (χ2n) is 7.24. The van der Waals surface area contributed by atoms with Crippen LogP contribution in [0.3, 0.4) is 0 Å². The van der Waals surface area contributed by atoms with E-state index in [1.807, 2.05) is 37.2 Å². The Hall–Kier alpha value is -1.55. The van der Waals surface area contributed by atoms with Gasteiger partial charge in [0.15, 0.2) is 11.1 Å². The van der Waals surface area contributed by atoms with Gasteiger partial charge in [-0.05, 0) is 19.9 Å². The molecule has 0 bridgehead atoms. The number of para-hydroxylation sites is 1. The second-order valence-corrected chi connectivity index (χ2v) is 8.08. The molecule has 27 heavy (non-hydrogen) atoms. The Labute approximate surface area is 182 Å². The van der Waals surface area contributed by atoms with E-state index in [1.54, 1.807) is 18.4 Å². The molecule has 148 valence electrons. The molecular weight excluding hydrogens is 473 g/mol. The van der Waals surface area contributed by atoms with Crippen molar-refractivity contribution in [2.24, 2.45) is 4.99 Å². The Bertz CT molecular complexity index is 790. The Morgan fingerprint density at radius 1 is 1.37 bits per heavy atom. The maximum Gasteiger partial charge on any atom is 0.191 e. The monoisotopic (exact) mass is 501 g/mol. The summed E-state index contributed by atoms with van der Waals surface area (Å²) in [6, 6.07) is 8.34. The number of hydrogen-bond acceptors (Lipinski definition) is 5. The van der Waals surface area contributed by atoms with Gasteiger partial charge in [-0.25, -0.2) is 4.98 Å². The summed E-state index contributed by atoms with van der Waals surface area (Å²) in [6.07, 6.45) is 0.867. The number of guanidine groups is 1. The molecule has 0 saturated carbocycles. The smallest absolute Gasteiger partial charge is 0.191 e. The Morgan fingerprint density at radius 2 is 2.11 bits per heavy atom. The van der Waals surface area contributed by atoms with Crippen LogP contribution >= 0.6 is 35.3 Å². The molecule has 1 aromatic heterocycles. The van der Waals surface area contributed by atoms with E-state index in [1.165, 1.54) is 5.56 Å². The van der Waals surface area contributed by atoms with E-state index in [-0.39, 0.29) is 35.6 Å². The molecule has 0 aliphatic carbocycles. The minimum absolute atomic E-state index is 0.